The van der Waals surface area contributed by atoms with Crippen LogP contribution in [0, 0.1) is 12.7 Å². The summed E-state index contributed by atoms with van der Waals surface area (Å²) in [5.74, 6) is -0.571. The van der Waals surface area contributed by atoms with E-state index in [9.17, 15) is 12.8 Å². The molecule has 18 heavy (non-hydrogen) atoms. The van der Waals surface area contributed by atoms with Crippen LogP contribution in [0.1, 0.15) is 25.3 Å². The number of sulfonamides is 1. The average Bonchev–Trinajstić information content (AvgIpc) is 2.24. The molecule has 0 aliphatic rings. The highest BCUT2D eigenvalue weighted by molar-refractivity contribution is 7.89. The minimum atomic E-state index is -3.71. The molecule has 102 valence electrons. The Balaban J connectivity index is 2.86. The van der Waals surface area contributed by atoms with Gasteiger partial charge in [0.1, 0.15) is 5.82 Å². The van der Waals surface area contributed by atoms with Crippen molar-refractivity contribution in [1.29, 1.82) is 0 Å². The monoisotopic (exact) mass is 275 g/mol. The van der Waals surface area contributed by atoms with Gasteiger partial charge in [-0.05, 0) is 50.5 Å². The molecule has 0 saturated carbocycles. The van der Waals surface area contributed by atoms with E-state index in [-0.39, 0.29) is 17.5 Å². The van der Waals surface area contributed by atoms with Crippen LogP contribution in [0.15, 0.2) is 23.1 Å². The van der Waals surface area contributed by atoms with Gasteiger partial charge in [-0.1, -0.05) is 0 Å². The molecule has 1 atom stereocenters. The standard InChI is InChI=1S/C12H18FNO3S/c1-9-6-11(13)8-12(7-9)18(16,17)14-10(2)4-3-5-15/h6-8,10,14-15H,3-5H2,1-2H3. The van der Waals surface area contributed by atoms with Gasteiger partial charge in [-0.2, -0.15) is 0 Å². The maximum absolute atomic E-state index is 13.2. The average molecular weight is 275 g/mol. The summed E-state index contributed by atoms with van der Waals surface area (Å²) in [5.41, 5.74) is 0.554. The SMILES string of the molecule is Cc1cc(F)cc(S(=O)(=O)NC(C)CCCO)c1. The molecule has 0 radical (unpaired) electrons. The van der Waals surface area contributed by atoms with E-state index in [4.69, 9.17) is 5.11 Å². The van der Waals surface area contributed by atoms with Crippen LogP contribution < -0.4 is 4.72 Å². The predicted octanol–water partition coefficient (Wildman–Crippen LogP) is 1.57. The Bertz CT molecular complexity index is 482. The first kappa shape index (κ1) is 15.1. The molecule has 1 rings (SSSR count). The van der Waals surface area contributed by atoms with E-state index in [2.05, 4.69) is 4.72 Å². The Morgan fingerprint density at radius 3 is 2.61 bits per heavy atom. The van der Waals surface area contributed by atoms with Crippen LogP contribution in [0.2, 0.25) is 0 Å². The molecule has 0 saturated heterocycles. The summed E-state index contributed by atoms with van der Waals surface area (Å²) in [7, 11) is -3.71. The molecule has 1 aromatic rings. The Morgan fingerprint density at radius 2 is 2.06 bits per heavy atom. The summed E-state index contributed by atoms with van der Waals surface area (Å²) in [6.07, 6.45) is 1.05. The largest absolute Gasteiger partial charge is 0.396 e. The van der Waals surface area contributed by atoms with Crippen LogP contribution in [-0.2, 0) is 10.0 Å². The van der Waals surface area contributed by atoms with E-state index in [1.807, 2.05) is 0 Å². The number of aliphatic hydroxyl groups excluding tert-OH is 1. The summed E-state index contributed by atoms with van der Waals surface area (Å²) in [4.78, 5) is -0.0733. The molecule has 0 fully saturated rings. The van der Waals surface area contributed by atoms with Crippen molar-refractivity contribution in [2.45, 2.75) is 37.6 Å². The van der Waals surface area contributed by atoms with E-state index in [0.29, 0.717) is 18.4 Å². The first-order valence-corrected chi connectivity index (χ1v) is 7.24. The number of aliphatic hydroxyl groups is 1. The second-order valence-electron chi connectivity index (χ2n) is 4.35. The highest BCUT2D eigenvalue weighted by Crippen LogP contribution is 2.14. The van der Waals surface area contributed by atoms with Crippen LogP contribution in [0.5, 0.6) is 0 Å². The second-order valence-corrected chi connectivity index (χ2v) is 6.07. The molecule has 0 aromatic heterocycles. The van der Waals surface area contributed by atoms with Crippen molar-refractivity contribution in [3.8, 4) is 0 Å². The van der Waals surface area contributed by atoms with E-state index in [1.165, 1.54) is 12.1 Å². The Kier molecular flexibility index (Phi) is 5.25. The number of aryl methyl sites for hydroxylation is 1. The molecule has 0 amide bonds. The lowest BCUT2D eigenvalue weighted by Crippen LogP contribution is -2.32. The van der Waals surface area contributed by atoms with Crippen molar-refractivity contribution >= 4 is 10.0 Å². The fourth-order valence-electron chi connectivity index (χ4n) is 1.65. The van der Waals surface area contributed by atoms with Gasteiger partial charge in [0.25, 0.3) is 0 Å². The zero-order valence-electron chi connectivity index (χ0n) is 10.5. The third-order valence-corrected chi connectivity index (χ3v) is 4.05. The topological polar surface area (TPSA) is 66.4 Å². The van der Waals surface area contributed by atoms with Crippen molar-refractivity contribution in [2.24, 2.45) is 0 Å². The summed E-state index contributed by atoms with van der Waals surface area (Å²) in [5, 5.41) is 8.68. The zero-order valence-corrected chi connectivity index (χ0v) is 11.3. The van der Waals surface area contributed by atoms with Crippen LogP contribution >= 0.6 is 0 Å². The van der Waals surface area contributed by atoms with Crippen LogP contribution in [0.4, 0.5) is 4.39 Å². The number of halogens is 1. The summed E-state index contributed by atoms with van der Waals surface area (Å²) >= 11 is 0. The molecule has 4 nitrogen and oxygen atoms in total. The third-order valence-electron chi connectivity index (χ3n) is 2.48. The molecule has 0 spiro atoms. The zero-order chi connectivity index (χ0) is 13.8. The van der Waals surface area contributed by atoms with Gasteiger partial charge >= 0.3 is 0 Å². The van der Waals surface area contributed by atoms with Crippen molar-refractivity contribution in [2.75, 3.05) is 6.61 Å². The number of nitrogens with one attached hydrogen (secondary N) is 1. The number of hydrogen-bond donors (Lipinski definition) is 2. The second kappa shape index (κ2) is 6.26. The molecule has 2 N–H and O–H groups in total. The van der Waals surface area contributed by atoms with Crippen molar-refractivity contribution in [3.63, 3.8) is 0 Å². The van der Waals surface area contributed by atoms with Crippen LogP contribution in [0.3, 0.4) is 0 Å². The van der Waals surface area contributed by atoms with E-state index >= 15 is 0 Å². The highest BCUT2D eigenvalue weighted by atomic mass is 32.2. The Morgan fingerprint density at radius 1 is 1.39 bits per heavy atom. The van der Waals surface area contributed by atoms with Gasteiger partial charge in [-0.15, -0.1) is 0 Å². The highest BCUT2D eigenvalue weighted by Gasteiger charge is 2.18. The molecule has 1 unspecified atom stereocenters. The lowest BCUT2D eigenvalue weighted by Gasteiger charge is -2.14. The van der Waals surface area contributed by atoms with Crippen molar-refractivity contribution in [3.05, 3.63) is 29.6 Å². The molecule has 6 heteroatoms. The minimum absolute atomic E-state index is 0.0190. The number of benzene rings is 1. The quantitative estimate of drug-likeness (QED) is 0.828. The van der Waals surface area contributed by atoms with Crippen LogP contribution in [-0.4, -0.2) is 26.2 Å². The first-order valence-electron chi connectivity index (χ1n) is 5.75. The van der Waals surface area contributed by atoms with Gasteiger partial charge in [0.05, 0.1) is 4.90 Å². The Hall–Kier alpha value is -0.980. The van der Waals surface area contributed by atoms with Crippen molar-refractivity contribution < 1.29 is 17.9 Å². The van der Waals surface area contributed by atoms with Gasteiger partial charge in [0.2, 0.25) is 10.0 Å². The van der Waals surface area contributed by atoms with Crippen molar-refractivity contribution in [1.82, 2.24) is 4.72 Å². The molecule has 0 aliphatic heterocycles. The first-order chi connectivity index (χ1) is 8.35. The number of hydrogen-bond acceptors (Lipinski definition) is 3. The van der Waals surface area contributed by atoms with Gasteiger partial charge < -0.3 is 5.11 Å². The molecule has 1 aromatic carbocycles. The van der Waals surface area contributed by atoms with Gasteiger partial charge in [0, 0.05) is 12.6 Å². The van der Waals surface area contributed by atoms with Crippen LogP contribution in [0.25, 0.3) is 0 Å². The smallest absolute Gasteiger partial charge is 0.240 e. The lowest BCUT2D eigenvalue weighted by molar-refractivity contribution is 0.279. The molecule has 0 bridgehead atoms. The van der Waals surface area contributed by atoms with E-state index < -0.39 is 15.8 Å². The summed E-state index contributed by atoms with van der Waals surface area (Å²) < 4.78 is 39.6. The fraction of sp³-hybridized carbons (Fsp3) is 0.500. The van der Waals surface area contributed by atoms with Gasteiger partial charge in [-0.25, -0.2) is 17.5 Å². The van der Waals surface area contributed by atoms with E-state index in [1.54, 1.807) is 13.8 Å². The van der Waals surface area contributed by atoms with Gasteiger partial charge in [0.15, 0.2) is 0 Å². The predicted molar refractivity (Wildman–Crippen MR) is 67.2 cm³/mol. The maximum atomic E-state index is 13.2. The molecular weight excluding hydrogens is 257 g/mol. The number of rotatable bonds is 6. The van der Waals surface area contributed by atoms with Gasteiger partial charge in [-0.3, -0.25) is 0 Å². The fourth-order valence-corrected chi connectivity index (χ4v) is 3.04. The lowest BCUT2D eigenvalue weighted by atomic mass is 10.2. The Labute approximate surface area is 107 Å². The molecule has 0 aliphatic carbocycles. The van der Waals surface area contributed by atoms with E-state index in [0.717, 1.165) is 6.07 Å². The molecular formula is C12H18FNO3S. The maximum Gasteiger partial charge on any atom is 0.240 e. The third kappa shape index (κ3) is 4.36. The summed E-state index contributed by atoms with van der Waals surface area (Å²) in [6.45, 7) is 3.36. The minimum Gasteiger partial charge on any atom is -0.396 e. The summed E-state index contributed by atoms with van der Waals surface area (Å²) in [6, 6.07) is 3.39. The normalized spacial score (nSPS) is 13.6. The molecule has 0 heterocycles.